The van der Waals surface area contributed by atoms with Crippen LogP contribution in [0.15, 0.2) is 29.7 Å². The van der Waals surface area contributed by atoms with Gasteiger partial charge in [0.1, 0.15) is 0 Å². The molecule has 0 radical (unpaired) electrons. The third-order valence-electron chi connectivity index (χ3n) is 6.19. The average molecular weight is 487 g/mol. The summed E-state index contributed by atoms with van der Waals surface area (Å²) in [5, 5.41) is 2.07. The topological polar surface area (TPSA) is 68.3 Å². The number of ketones is 1. The molecular weight excluding hydrogens is 452 g/mol. The fraction of sp³-hybridized carbons (Fsp3) is 0.462. The Kier molecular flexibility index (Phi) is 8.74. The molecule has 2 aromatic rings. The zero-order valence-corrected chi connectivity index (χ0v) is 21.6. The van der Waals surface area contributed by atoms with E-state index >= 15 is 0 Å². The third kappa shape index (κ3) is 5.80. The summed E-state index contributed by atoms with van der Waals surface area (Å²) >= 11 is 1.52. The molecule has 0 N–H and O–H groups in total. The highest BCUT2D eigenvalue weighted by Gasteiger charge is 2.28. The first-order valence-corrected chi connectivity index (χ1v) is 12.3. The molecule has 3 rings (SSSR count). The van der Waals surface area contributed by atoms with E-state index in [0.29, 0.717) is 49.3 Å². The molecule has 2 heterocycles. The highest BCUT2D eigenvalue weighted by atomic mass is 32.1. The van der Waals surface area contributed by atoms with Crippen LogP contribution < -0.4 is 14.2 Å². The second-order valence-corrected chi connectivity index (χ2v) is 9.50. The Labute approximate surface area is 205 Å². The van der Waals surface area contributed by atoms with Crippen molar-refractivity contribution in [1.82, 2.24) is 9.80 Å². The van der Waals surface area contributed by atoms with E-state index in [1.807, 2.05) is 17.9 Å². The van der Waals surface area contributed by atoms with Gasteiger partial charge in [0, 0.05) is 32.3 Å². The smallest absolute Gasteiger partial charge is 0.246 e. The molecule has 8 heteroatoms. The number of carbonyl (C=O) groups excluding carboxylic acids is 2. The number of hydrogen-bond acceptors (Lipinski definition) is 7. The number of Topliss-reactive ketones (excluding diaryl/α,β-unsaturated/α-hetero) is 1. The van der Waals surface area contributed by atoms with Gasteiger partial charge in [0.15, 0.2) is 17.3 Å². The van der Waals surface area contributed by atoms with Crippen molar-refractivity contribution in [3.63, 3.8) is 0 Å². The van der Waals surface area contributed by atoms with Crippen LogP contribution in [-0.4, -0.2) is 75.0 Å². The largest absolute Gasteiger partial charge is 0.493 e. The first-order valence-electron chi connectivity index (χ1n) is 11.4. The van der Waals surface area contributed by atoms with Gasteiger partial charge in [-0.15, -0.1) is 11.3 Å². The van der Waals surface area contributed by atoms with E-state index in [4.69, 9.17) is 14.2 Å². The second-order valence-electron chi connectivity index (χ2n) is 8.59. The lowest BCUT2D eigenvalue weighted by Crippen LogP contribution is -2.52. The van der Waals surface area contributed by atoms with Crippen LogP contribution in [0.25, 0.3) is 6.08 Å². The fourth-order valence-corrected chi connectivity index (χ4v) is 5.05. The number of piperazine rings is 1. The molecule has 1 aromatic heterocycles. The molecule has 0 bridgehead atoms. The standard InChI is InChI=1S/C26H34N2O5S/c1-17(2)20-15-23(34-16-20)25(30)18(3)27-9-11-28(12-10-27)24(29)8-7-19-13-21(31-4)26(33-6)22(14-19)32-5/h7-8,13-18H,9-12H2,1-6H3. The van der Waals surface area contributed by atoms with E-state index in [1.165, 1.54) is 16.9 Å². The average Bonchev–Trinajstić information content (AvgIpc) is 3.36. The van der Waals surface area contributed by atoms with Crippen molar-refractivity contribution in [3.8, 4) is 17.2 Å². The molecule has 1 aliphatic rings. The van der Waals surface area contributed by atoms with Crippen molar-refractivity contribution in [1.29, 1.82) is 0 Å². The SMILES string of the molecule is COc1cc(C=CC(=O)N2CCN(C(C)C(=O)c3cc(C(C)C)cs3)CC2)cc(OC)c1OC. The fourth-order valence-electron chi connectivity index (χ4n) is 3.95. The van der Waals surface area contributed by atoms with Crippen molar-refractivity contribution < 1.29 is 23.8 Å². The Balaban J connectivity index is 1.59. The van der Waals surface area contributed by atoms with Gasteiger partial charge >= 0.3 is 0 Å². The van der Waals surface area contributed by atoms with Gasteiger partial charge in [0.05, 0.1) is 32.2 Å². The van der Waals surface area contributed by atoms with Gasteiger partial charge in [-0.25, -0.2) is 0 Å². The number of carbonyl (C=O) groups is 2. The van der Waals surface area contributed by atoms with Crippen molar-refractivity contribution >= 4 is 29.1 Å². The summed E-state index contributed by atoms with van der Waals surface area (Å²) in [7, 11) is 4.67. The van der Waals surface area contributed by atoms with E-state index in [9.17, 15) is 9.59 Å². The maximum Gasteiger partial charge on any atom is 0.246 e. The molecule has 0 aliphatic carbocycles. The van der Waals surface area contributed by atoms with Gasteiger partial charge in [0.25, 0.3) is 0 Å². The Morgan fingerprint density at radius 2 is 1.56 bits per heavy atom. The van der Waals surface area contributed by atoms with Gasteiger partial charge in [-0.2, -0.15) is 0 Å². The zero-order valence-electron chi connectivity index (χ0n) is 20.8. The summed E-state index contributed by atoms with van der Waals surface area (Å²) in [6, 6.07) is 5.41. The quantitative estimate of drug-likeness (QED) is 0.388. The van der Waals surface area contributed by atoms with E-state index < -0.39 is 0 Å². The summed E-state index contributed by atoms with van der Waals surface area (Å²) < 4.78 is 16.1. The predicted octanol–water partition coefficient (Wildman–Crippen LogP) is 4.33. The lowest BCUT2D eigenvalue weighted by Gasteiger charge is -2.37. The summed E-state index contributed by atoms with van der Waals surface area (Å²) in [4.78, 5) is 30.5. The van der Waals surface area contributed by atoms with E-state index in [2.05, 4.69) is 24.1 Å². The van der Waals surface area contributed by atoms with E-state index in [0.717, 1.165) is 10.4 Å². The number of nitrogens with zero attached hydrogens (tertiary/aromatic N) is 2. The van der Waals surface area contributed by atoms with Crippen LogP contribution in [0.3, 0.4) is 0 Å². The highest BCUT2D eigenvalue weighted by molar-refractivity contribution is 7.12. The number of ether oxygens (including phenoxy) is 3. The minimum atomic E-state index is -0.203. The van der Waals surface area contributed by atoms with Crippen LogP contribution in [0.1, 0.15) is 47.5 Å². The first kappa shape index (κ1) is 25.8. The van der Waals surface area contributed by atoms with Gasteiger partial charge < -0.3 is 19.1 Å². The number of amides is 1. The number of thiophene rings is 1. The van der Waals surface area contributed by atoms with Crippen molar-refractivity contribution in [2.24, 2.45) is 0 Å². The molecule has 0 saturated carbocycles. The summed E-state index contributed by atoms with van der Waals surface area (Å²) in [6.07, 6.45) is 3.30. The Hall–Kier alpha value is -2.84. The minimum Gasteiger partial charge on any atom is -0.493 e. The normalized spacial score (nSPS) is 15.6. The molecule has 1 amide bonds. The molecule has 7 nitrogen and oxygen atoms in total. The summed E-state index contributed by atoms with van der Waals surface area (Å²) in [5.74, 6) is 2.08. The molecule has 1 aliphatic heterocycles. The Bertz CT molecular complexity index is 1010. The molecule has 0 spiro atoms. The van der Waals surface area contributed by atoms with Crippen molar-refractivity contribution in [2.45, 2.75) is 32.7 Å². The predicted molar refractivity (Wildman–Crippen MR) is 135 cm³/mol. The number of methoxy groups -OCH3 is 3. The molecule has 1 unspecified atom stereocenters. The molecule has 34 heavy (non-hydrogen) atoms. The van der Waals surface area contributed by atoms with Crippen LogP contribution in [0.4, 0.5) is 0 Å². The molecule has 1 fully saturated rings. The van der Waals surface area contributed by atoms with Crippen LogP contribution in [0, 0.1) is 0 Å². The van der Waals surface area contributed by atoms with Gasteiger partial charge in [0.2, 0.25) is 11.7 Å². The molecule has 184 valence electrons. The maximum absolute atomic E-state index is 13.0. The van der Waals surface area contributed by atoms with Crippen LogP contribution in [0.2, 0.25) is 0 Å². The molecule has 1 saturated heterocycles. The lowest BCUT2D eigenvalue weighted by molar-refractivity contribution is -0.127. The van der Waals surface area contributed by atoms with E-state index in [1.54, 1.807) is 45.6 Å². The molecule has 1 atom stereocenters. The van der Waals surface area contributed by atoms with E-state index in [-0.39, 0.29) is 17.7 Å². The molecule has 1 aromatic carbocycles. The minimum absolute atomic E-state index is 0.0628. The number of rotatable bonds is 9. The maximum atomic E-state index is 13.0. The van der Waals surface area contributed by atoms with Gasteiger partial charge in [-0.1, -0.05) is 13.8 Å². The third-order valence-corrected chi connectivity index (χ3v) is 7.15. The van der Waals surface area contributed by atoms with Crippen LogP contribution in [0.5, 0.6) is 17.2 Å². The van der Waals surface area contributed by atoms with Crippen molar-refractivity contribution in [2.75, 3.05) is 47.5 Å². The van der Waals surface area contributed by atoms with Crippen LogP contribution in [-0.2, 0) is 4.79 Å². The monoisotopic (exact) mass is 486 g/mol. The lowest BCUT2D eigenvalue weighted by atomic mass is 10.0. The van der Waals surface area contributed by atoms with Gasteiger partial charge in [-0.3, -0.25) is 14.5 Å². The van der Waals surface area contributed by atoms with Crippen LogP contribution >= 0.6 is 11.3 Å². The Morgan fingerprint density at radius 1 is 0.941 bits per heavy atom. The summed E-state index contributed by atoms with van der Waals surface area (Å²) in [5.41, 5.74) is 1.98. The van der Waals surface area contributed by atoms with Gasteiger partial charge in [-0.05, 0) is 53.6 Å². The number of hydrogen-bond donors (Lipinski definition) is 0. The zero-order chi connectivity index (χ0) is 24.8. The highest BCUT2D eigenvalue weighted by Crippen LogP contribution is 2.38. The molecular formula is C26H34N2O5S. The Morgan fingerprint density at radius 3 is 2.06 bits per heavy atom. The number of benzene rings is 1. The second kappa shape index (κ2) is 11.5. The summed E-state index contributed by atoms with van der Waals surface area (Å²) in [6.45, 7) is 8.71. The van der Waals surface area contributed by atoms with Crippen molar-refractivity contribution in [3.05, 3.63) is 45.7 Å². The first-order chi connectivity index (χ1) is 16.3.